The summed E-state index contributed by atoms with van der Waals surface area (Å²) in [4.78, 5) is 0. The maximum atomic E-state index is 12.8. The third-order valence-electron chi connectivity index (χ3n) is 1.31. The topological polar surface area (TPSA) is 49.4 Å². The summed E-state index contributed by atoms with van der Waals surface area (Å²) in [6, 6.07) is 3.94. The van der Waals surface area contributed by atoms with E-state index in [1.807, 2.05) is 0 Å². The predicted molar refractivity (Wildman–Crippen MR) is 45.1 cm³/mol. The molecule has 13 heavy (non-hydrogen) atoms. The molecular weight excluding hydrogens is 219 g/mol. The zero-order chi connectivity index (χ0) is 9.84. The summed E-state index contributed by atoms with van der Waals surface area (Å²) in [5.41, 5.74) is 0.408. The lowest BCUT2D eigenvalue weighted by molar-refractivity contribution is 0.290. The Morgan fingerprint density at radius 3 is 2.85 bits per heavy atom. The molecule has 0 fully saturated rings. The highest BCUT2D eigenvalue weighted by atomic mass is 35.5. The van der Waals surface area contributed by atoms with Crippen LogP contribution in [-0.4, -0.2) is 8.76 Å². The molecule has 0 heterocycles. The molecule has 6 heteroatoms. The molecule has 72 valence electrons. The second kappa shape index (κ2) is 4.66. The van der Waals surface area contributed by atoms with Crippen LogP contribution >= 0.6 is 11.6 Å². The van der Waals surface area contributed by atoms with Crippen LogP contribution in [0.3, 0.4) is 0 Å². The van der Waals surface area contributed by atoms with E-state index in [0.29, 0.717) is 5.56 Å². The van der Waals surface area contributed by atoms with Gasteiger partial charge in [0.15, 0.2) is 0 Å². The van der Waals surface area contributed by atoms with E-state index in [9.17, 15) is 13.2 Å². The molecule has 0 bridgehead atoms. The fraction of sp³-hybridized carbons (Fsp3) is 0.143. The average Bonchev–Trinajstić information content (AvgIpc) is 2.07. The van der Waals surface area contributed by atoms with Crippen LogP contribution in [0.25, 0.3) is 0 Å². The van der Waals surface area contributed by atoms with E-state index in [0.717, 1.165) is 6.07 Å². The second-order valence-corrected chi connectivity index (χ2v) is 3.27. The van der Waals surface area contributed by atoms with E-state index in [4.69, 9.17) is 11.6 Å². The minimum atomic E-state index is -2.58. The number of hydrogen-bond donors (Lipinski definition) is 0. The Kier molecular flexibility index (Phi) is 3.80. The molecule has 0 aliphatic rings. The van der Waals surface area contributed by atoms with Crippen LogP contribution in [0.1, 0.15) is 5.56 Å². The molecule has 0 aliphatic carbocycles. The van der Waals surface area contributed by atoms with Crippen molar-refractivity contribution in [1.82, 2.24) is 0 Å². The quantitative estimate of drug-likeness (QED) is 0.734. The van der Waals surface area contributed by atoms with E-state index in [2.05, 4.69) is 4.18 Å². The predicted octanol–water partition coefficient (Wildman–Crippen LogP) is 1.79. The van der Waals surface area contributed by atoms with Crippen LogP contribution in [0, 0.1) is 5.82 Å². The molecule has 1 aromatic carbocycles. The molecule has 0 radical (unpaired) electrons. The van der Waals surface area contributed by atoms with Gasteiger partial charge in [-0.15, -0.1) is 0 Å². The SMILES string of the molecule is O=S([O-])OCc1ccc(Cl)c(F)c1. The maximum Gasteiger partial charge on any atom is 0.142 e. The molecule has 0 aliphatic heterocycles. The number of halogens is 2. The van der Waals surface area contributed by atoms with Crippen molar-refractivity contribution in [2.24, 2.45) is 0 Å². The van der Waals surface area contributed by atoms with Gasteiger partial charge in [-0.2, -0.15) is 0 Å². The highest BCUT2D eigenvalue weighted by Crippen LogP contribution is 2.16. The van der Waals surface area contributed by atoms with E-state index in [-0.39, 0.29) is 11.6 Å². The van der Waals surface area contributed by atoms with Crippen LogP contribution in [-0.2, 0) is 22.2 Å². The van der Waals surface area contributed by atoms with Gasteiger partial charge < -0.3 is 4.55 Å². The van der Waals surface area contributed by atoms with Crippen molar-refractivity contribution in [1.29, 1.82) is 0 Å². The second-order valence-electron chi connectivity index (χ2n) is 2.21. The van der Waals surface area contributed by atoms with Gasteiger partial charge in [0, 0.05) is 0 Å². The first-order valence-electron chi connectivity index (χ1n) is 3.26. The molecular formula is C7H5ClFO3S-. The molecule has 0 aromatic heterocycles. The van der Waals surface area contributed by atoms with Crippen molar-refractivity contribution in [2.45, 2.75) is 6.61 Å². The maximum absolute atomic E-state index is 12.8. The van der Waals surface area contributed by atoms with Crippen LogP contribution in [0.5, 0.6) is 0 Å². The third-order valence-corrected chi connectivity index (χ3v) is 1.92. The average molecular weight is 224 g/mol. The molecule has 0 saturated carbocycles. The van der Waals surface area contributed by atoms with Crippen LogP contribution in [0.4, 0.5) is 4.39 Å². The van der Waals surface area contributed by atoms with Crippen molar-refractivity contribution in [2.75, 3.05) is 0 Å². The molecule has 1 atom stereocenters. The summed E-state index contributed by atoms with van der Waals surface area (Å²) in [6.45, 7) is -0.190. The lowest BCUT2D eigenvalue weighted by Crippen LogP contribution is -1.96. The molecule has 1 unspecified atom stereocenters. The van der Waals surface area contributed by atoms with Crippen molar-refractivity contribution < 1.29 is 17.3 Å². The van der Waals surface area contributed by atoms with E-state index in [1.165, 1.54) is 12.1 Å². The first-order valence-corrected chi connectivity index (χ1v) is 4.64. The summed E-state index contributed by atoms with van der Waals surface area (Å²) in [6.07, 6.45) is 0. The number of rotatable bonds is 3. The van der Waals surface area contributed by atoms with Crippen molar-refractivity contribution in [3.8, 4) is 0 Å². The Bertz CT molecular complexity index is 332. The largest absolute Gasteiger partial charge is 0.750 e. The van der Waals surface area contributed by atoms with Crippen molar-refractivity contribution in [3.05, 3.63) is 34.6 Å². The Labute approximate surface area is 82.0 Å². The number of benzene rings is 1. The van der Waals surface area contributed by atoms with Gasteiger partial charge in [0.25, 0.3) is 0 Å². The first kappa shape index (κ1) is 10.6. The van der Waals surface area contributed by atoms with Gasteiger partial charge in [-0.1, -0.05) is 17.7 Å². The monoisotopic (exact) mass is 223 g/mol. The van der Waals surface area contributed by atoms with Crippen LogP contribution < -0.4 is 0 Å². The van der Waals surface area contributed by atoms with Gasteiger partial charge in [0.05, 0.1) is 23.0 Å². The van der Waals surface area contributed by atoms with Gasteiger partial charge in [-0.05, 0) is 17.7 Å². The van der Waals surface area contributed by atoms with Gasteiger partial charge in [0.2, 0.25) is 0 Å². The van der Waals surface area contributed by atoms with Crippen LogP contribution in [0.15, 0.2) is 18.2 Å². The van der Waals surface area contributed by atoms with Crippen molar-refractivity contribution >= 4 is 23.0 Å². The Hall–Kier alpha value is -0.490. The van der Waals surface area contributed by atoms with E-state index < -0.39 is 17.2 Å². The summed E-state index contributed by atoms with van der Waals surface area (Å²) in [5, 5.41) is -0.00741. The zero-order valence-corrected chi connectivity index (χ0v) is 7.90. The molecule has 0 N–H and O–H groups in total. The molecule has 1 aromatic rings. The smallest absolute Gasteiger partial charge is 0.142 e. The van der Waals surface area contributed by atoms with Crippen LogP contribution in [0.2, 0.25) is 5.02 Å². The lowest BCUT2D eigenvalue weighted by Gasteiger charge is -2.05. The van der Waals surface area contributed by atoms with Gasteiger partial charge in [0.1, 0.15) is 5.82 Å². The zero-order valence-electron chi connectivity index (χ0n) is 6.33. The van der Waals surface area contributed by atoms with Gasteiger partial charge in [-0.3, -0.25) is 4.18 Å². The van der Waals surface area contributed by atoms with Crippen molar-refractivity contribution in [3.63, 3.8) is 0 Å². The van der Waals surface area contributed by atoms with Gasteiger partial charge >= 0.3 is 0 Å². The summed E-state index contributed by atoms with van der Waals surface area (Å²) in [7, 11) is 0. The summed E-state index contributed by atoms with van der Waals surface area (Å²) in [5.74, 6) is -0.598. The molecule has 0 amide bonds. The molecule has 3 nitrogen and oxygen atoms in total. The van der Waals surface area contributed by atoms with E-state index >= 15 is 0 Å². The highest BCUT2D eigenvalue weighted by Gasteiger charge is 2.00. The molecule has 1 rings (SSSR count). The lowest BCUT2D eigenvalue weighted by atomic mass is 10.2. The Morgan fingerprint density at radius 1 is 1.62 bits per heavy atom. The van der Waals surface area contributed by atoms with E-state index in [1.54, 1.807) is 0 Å². The fourth-order valence-corrected chi connectivity index (χ4v) is 1.10. The Balaban J connectivity index is 2.68. The highest BCUT2D eigenvalue weighted by molar-refractivity contribution is 7.74. The molecule has 0 saturated heterocycles. The van der Waals surface area contributed by atoms with Gasteiger partial charge in [-0.25, -0.2) is 8.60 Å². The number of hydrogen-bond acceptors (Lipinski definition) is 3. The fourth-order valence-electron chi connectivity index (χ4n) is 0.746. The first-order chi connectivity index (χ1) is 6.09. The normalized spacial score (nSPS) is 12.8. The summed E-state index contributed by atoms with van der Waals surface area (Å²) >= 11 is 2.82. The Morgan fingerprint density at radius 2 is 2.31 bits per heavy atom. The minimum Gasteiger partial charge on any atom is -0.750 e. The standard InChI is InChI=1S/C7H6ClFO3S/c8-6-2-1-5(3-7(6)9)4-12-13(10)11/h1-3H,4H2,(H,10,11)/p-1. The molecule has 0 spiro atoms. The minimum absolute atomic E-state index is 0.00741. The summed E-state index contributed by atoms with van der Waals surface area (Å²) < 4.78 is 37.0. The third kappa shape index (κ3) is 3.40.